The van der Waals surface area contributed by atoms with Crippen molar-refractivity contribution in [2.75, 3.05) is 18.5 Å². The van der Waals surface area contributed by atoms with Crippen molar-refractivity contribution >= 4 is 23.7 Å². The van der Waals surface area contributed by atoms with E-state index in [-0.39, 0.29) is 24.6 Å². The number of aromatic carboxylic acids is 1. The molecule has 8 heteroatoms. The predicted molar refractivity (Wildman–Crippen MR) is 129 cm³/mol. The number of halogens is 1. The monoisotopic (exact) mass is 476 g/mol. The molecule has 0 aliphatic heterocycles. The van der Waals surface area contributed by atoms with Crippen molar-refractivity contribution in [2.45, 2.75) is 19.3 Å². The number of hydrogen-bond donors (Lipinski definition) is 3. The fourth-order valence-corrected chi connectivity index (χ4v) is 4.33. The van der Waals surface area contributed by atoms with E-state index in [4.69, 9.17) is 4.74 Å². The molecule has 1 aliphatic rings. The van der Waals surface area contributed by atoms with Gasteiger partial charge in [-0.15, -0.1) is 0 Å². The molecule has 0 saturated heterocycles. The Hall–Kier alpha value is -4.20. The van der Waals surface area contributed by atoms with Crippen molar-refractivity contribution in [2.24, 2.45) is 5.92 Å². The Labute approximate surface area is 201 Å². The van der Waals surface area contributed by atoms with Gasteiger partial charge in [0, 0.05) is 12.5 Å². The minimum absolute atomic E-state index is 0.0458. The number of rotatable bonds is 8. The molecule has 0 radical (unpaired) electrons. The molecule has 0 fully saturated rings. The summed E-state index contributed by atoms with van der Waals surface area (Å²) in [5.41, 5.74) is 3.67. The number of benzene rings is 3. The zero-order valence-electron chi connectivity index (χ0n) is 19.1. The third-order valence-corrected chi connectivity index (χ3v) is 6.19. The quantitative estimate of drug-likeness (QED) is 0.423. The van der Waals surface area contributed by atoms with Gasteiger partial charge in [0.1, 0.15) is 12.4 Å². The van der Waals surface area contributed by atoms with Crippen LogP contribution in [0.4, 0.5) is 14.9 Å². The molecule has 180 valence electrons. The van der Waals surface area contributed by atoms with Gasteiger partial charge in [-0.3, -0.25) is 4.79 Å². The molecule has 1 aliphatic carbocycles. The zero-order chi connectivity index (χ0) is 24.9. The molecule has 0 aromatic heterocycles. The van der Waals surface area contributed by atoms with Crippen molar-refractivity contribution in [3.8, 4) is 11.1 Å². The SMILES string of the molecule is CCC(CNC(=O)OCC1c2ccccc2-c2ccccc21)C(=O)Nc1c(F)cccc1C(=O)O. The Kier molecular flexibility index (Phi) is 7.10. The summed E-state index contributed by atoms with van der Waals surface area (Å²) >= 11 is 0. The van der Waals surface area contributed by atoms with Crippen LogP contribution in [0.5, 0.6) is 0 Å². The third-order valence-electron chi connectivity index (χ3n) is 6.19. The van der Waals surface area contributed by atoms with Crippen LogP contribution in [-0.4, -0.2) is 36.2 Å². The van der Waals surface area contributed by atoms with Crippen molar-refractivity contribution in [1.29, 1.82) is 0 Å². The number of nitrogens with one attached hydrogen (secondary N) is 2. The number of carbonyl (C=O) groups is 3. The summed E-state index contributed by atoms with van der Waals surface area (Å²) in [4.78, 5) is 36.4. The highest BCUT2D eigenvalue weighted by Crippen LogP contribution is 2.44. The number of carboxylic acids is 1. The molecule has 1 unspecified atom stereocenters. The van der Waals surface area contributed by atoms with Crippen molar-refractivity contribution in [3.05, 3.63) is 89.2 Å². The van der Waals surface area contributed by atoms with Gasteiger partial charge in [-0.25, -0.2) is 14.0 Å². The lowest BCUT2D eigenvalue weighted by atomic mass is 9.98. The predicted octanol–water partition coefficient (Wildman–Crippen LogP) is 5.03. The number of hydrogen-bond acceptors (Lipinski definition) is 4. The molecule has 4 rings (SSSR count). The number of para-hydroxylation sites is 1. The number of anilines is 1. The summed E-state index contributed by atoms with van der Waals surface area (Å²) in [5, 5.41) is 14.2. The Bertz CT molecular complexity index is 1230. The zero-order valence-corrected chi connectivity index (χ0v) is 19.1. The Morgan fingerprint density at radius 2 is 1.60 bits per heavy atom. The molecule has 7 nitrogen and oxygen atoms in total. The van der Waals surface area contributed by atoms with Crippen molar-refractivity contribution in [3.63, 3.8) is 0 Å². The van der Waals surface area contributed by atoms with Gasteiger partial charge in [0.25, 0.3) is 0 Å². The number of alkyl carbamates (subject to hydrolysis) is 1. The minimum atomic E-state index is -1.36. The lowest BCUT2D eigenvalue weighted by molar-refractivity contribution is -0.119. The minimum Gasteiger partial charge on any atom is -0.478 e. The topological polar surface area (TPSA) is 105 Å². The maximum absolute atomic E-state index is 14.1. The first kappa shape index (κ1) is 23.9. The molecular weight excluding hydrogens is 451 g/mol. The van der Waals surface area contributed by atoms with E-state index < -0.39 is 35.4 Å². The van der Waals surface area contributed by atoms with E-state index in [1.807, 2.05) is 48.5 Å². The van der Waals surface area contributed by atoms with Crippen molar-refractivity contribution < 1.29 is 28.6 Å². The molecule has 35 heavy (non-hydrogen) atoms. The molecule has 1 atom stereocenters. The van der Waals surface area contributed by atoms with Crippen LogP contribution < -0.4 is 10.6 Å². The largest absolute Gasteiger partial charge is 0.478 e. The van der Waals surface area contributed by atoms with E-state index in [1.54, 1.807) is 6.92 Å². The third kappa shape index (κ3) is 5.01. The second-order valence-electron chi connectivity index (χ2n) is 8.27. The lowest BCUT2D eigenvalue weighted by Gasteiger charge is -2.18. The van der Waals surface area contributed by atoms with Crippen LogP contribution >= 0.6 is 0 Å². The van der Waals surface area contributed by atoms with E-state index in [9.17, 15) is 23.9 Å². The van der Waals surface area contributed by atoms with Gasteiger partial charge in [-0.2, -0.15) is 0 Å². The Morgan fingerprint density at radius 1 is 0.971 bits per heavy atom. The van der Waals surface area contributed by atoms with Crippen LogP contribution in [0.25, 0.3) is 11.1 Å². The van der Waals surface area contributed by atoms with Crippen LogP contribution in [0.1, 0.15) is 40.7 Å². The van der Waals surface area contributed by atoms with Gasteiger partial charge in [-0.05, 0) is 40.8 Å². The number of carboxylic acid groups (broad SMARTS) is 1. The highest BCUT2D eigenvalue weighted by molar-refractivity contribution is 6.01. The molecule has 3 aromatic rings. The summed E-state index contributed by atoms with van der Waals surface area (Å²) in [5.74, 6) is -3.60. The summed E-state index contributed by atoms with van der Waals surface area (Å²) in [6.07, 6.45) is -0.331. The fraction of sp³-hybridized carbons (Fsp3) is 0.222. The second-order valence-corrected chi connectivity index (χ2v) is 8.27. The lowest BCUT2D eigenvalue weighted by Crippen LogP contribution is -2.36. The Morgan fingerprint density at radius 3 is 2.20 bits per heavy atom. The van der Waals surface area contributed by atoms with E-state index in [0.29, 0.717) is 6.42 Å². The second kappa shape index (κ2) is 10.4. The van der Waals surface area contributed by atoms with Crippen LogP contribution in [0.2, 0.25) is 0 Å². The average molecular weight is 477 g/mol. The molecule has 3 aromatic carbocycles. The summed E-state index contributed by atoms with van der Waals surface area (Å²) in [6, 6.07) is 19.5. The fourth-order valence-electron chi connectivity index (χ4n) is 4.33. The van der Waals surface area contributed by atoms with Gasteiger partial charge < -0.3 is 20.5 Å². The molecule has 0 bridgehead atoms. The number of carbonyl (C=O) groups excluding carboxylic acids is 2. The standard InChI is InChI=1S/C27H25FN2O5/c1-2-16(25(31)30-24-21(26(32)33)12-7-13-23(24)28)14-29-27(34)35-15-22-19-10-5-3-8-17(19)18-9-4-6-11-20(18)22/h3-13,16,22H,2,14-15H2,1H3,(H,29,34)(H,30,31)(H,32,33). The summed E-state index contributed by atoms with van der Waals surface area (Å²) in [6.45, 7) is 1.83. The van der Waals surface area contributed by atoms with Gasteiger partial charge in [-0.1, -0.05) is 61.5 Å². The highest BCUT2D eigenvalue weighted by atomic mass is 19.1. The normalized spacial score (nSPS) is 12.9. The molecular formula is C27H25FN2O5. The average Bonchev–Trinajstić information content (AvgIpc) is 3.18. The van der Waals surface area contributed by atoms with Gasteiger partial charge in [0.15, 0.2) is 0 Å². The first-order valence-corrected chi connectivity index (χ1v) is 11.3. The van der Waals surface area contributed by atoms with E-state index in [2.05, 4.69) is 10.6 Å². The first-order valence-electron chi connectivity index (χ1n) is 11.3. The maximum Gasteiger partial charge on any atom is 0.407 e. The van der Waals surface area contributed by atoms with E-state index in [0.717, 1.165) is 28.3 Å². The number of fused-ring (bicyclic) bond motifs is 3. The van der Waals surface area contributed by atoms with Gasteiger partial charge >= 0.3 is 12.1 Å². The molecule has 2 amide bonds. The maximum atomic E-state index is 14.1. The molecule has 3 N–H and O–H groups in total. The van der Waals surface area contributed by atoms with Gasteiger partial charge in [0.05, 0.1) is 17.2 Å². The summed E-state index contributed by atoms with van der Waals surface area (Å²) in [7, 11) is 0. The summed E-state index contributed by atoms with van der Waals surface area (Å²) < 4.78 is 19.6. The van der Waals surface area contributed by atoms with Crippen LogP contribution in [0.3, 0.4) is 0 Å². The van der Waals surface area contributed by atoms with Crippen LogP contribution in [0, 0.1) is 11.7 Å². The molecule has 0 saturated carbocycles. The van der Waals surface area contributed by atoms with E-state index >= 15 is 0 Å². The van der Waals surface area contributed by atoms with Crippen molar-refractivity contribution in [1.82, 2.24) is 5.32 Å². The molecule has 0 spiro atoms. The Balaban J connectivity index is 1.36. The van der Waals surface area contributed by atoms with Crippen LogP contribution in [0.15, 0.2) is 66.7 Å². The first-order chi connectivity index (χ1) is 16.9. The highest BCUT2D eigenvalue weighted by Gasteiger charge is 2.29. The number of ether oxygens (including phenoxy) is 1. The van der Waals surface area contributed by atoms with Gasteiger partial charge in [0.2, 0.25) is 5.91 Å². The number of amides is 2. The molecule has 0 heterocycles. The van der Waals surface area contributed by atoms with Crippen LogP contribution in [-0.2, 0) is 9.53 Å². The van der Waals surface area contributed by atoms with E-state index in [1.165, 1.54) is 12.1 Å². The smallest absolute Gasteiger partial charge is 0.407 e.